The molecular weight excluding hydrogens is 363 g/mol. The van der Waals surface area contributed by atoms with E-state index in [0.717, 1.165) is 17.9 Å². The lowest BCUT2D eigenvalue weighted by molar-refractivity contribution is -0.115. The van der Waals surface area contributed by atoms with Gasteiger partial charge in [0.15, 0.2) is 5.16 Å². The molecule has 2 aromatic carbocycles. The van der Waals surface area contributed by atoms with E-state index in [1.807, 2.05) is 29.7 Å². The molecule has 1 amide bonds. The number of carbonyl (C=O) groups excluding carboxylic acids is 1. The summed E-state index contributed by atoms with van der Waals surface area (Å²) in [5, 5.41) is 11.6. The summed E-state index contributed by atoms with van der Waals surface area (Å²) in [7, 11) is 0. The van der Waals surface area contributed by atoms with Crippen LogP contribution < -0.4 is 5.32 Å². The first-order valence-corrected chi connectivity index (χ1v) is 9.64. The van der Waals surface area contributed by atoms with Crippen LogP contribution in [-0.4, -0.2) is 25.9 Å². The van der Waals surface area contributed by atoms with E-state index < -0.39 is 5.25 Å². The third-order valence-corrected chi connectivity index (χ3v) is 5.14. The Hall–Kier alpha value is -2.67. The lowest BCUT2D eigenvalue weighted by Gasteiger charge is -2.13. The zero-order valence-electron chi connectivity index (χ0n) is 15.2. The van der Waals surface area contributed by atoms with Crippen LogP contribution in [0.25, 0.3) is 0 Å². The first kappa shape index (κ1) is 19.1. The zero-order valence-corrected chi connectivity index (χ0v) is 16.0. The summed E-state index contributed by atoms with van der Waals surface area (Å²) in [5.41, 5.74) is 1.60. The number of benzene rings is 2. The SMILES string of the molecule is CCn1c(Cc2ccccc2)nnc1S[C@@H](C)C(=O)Nc1cccc(F)c1. The smallest absolute Gasteiger partial charge is 0.237 e. The highest BCUT2D eigenvalue weighted by molar-refractivity contribution is 8.00. The molecule has 0 spiro atoms. The van der Waals surface area contributed by atoms with Crippen molar-refractivity contribution in [1.29, 1.82) is 0 Å². The standard InChI is InChI=1S/C20H21FN4OS/c1-3-25-18(12-15-8-5-4-6-9-15)23-24-20(25)27-14(2)19(26)22-17-11-7-10-16(21)13-17/h4-11,13-14H,3,12H2,1-2H3,(H,22,26)/t14-/m0/s1. The summed E-state index contributed by atoms with van der Waals surface area (Å²) in [4.78, 5) is 12.4. The van der Waals surface area contributed by atoms with Crippen LogP contribution in [0.4, 0.5) is 10.1 Å². The van der Waals surface area contributed by atoms with E-state index in [2.05, 4.69) is 27.6 Å². The maximum Gasteiger partial charge on any atom is 0.237 e. The second-order valence-corrected chi connectivity index (χ2v) is 7.37. The molecule has 0 saturated heterocycles. The molecule has 1 atom stereocenters. The monoisotopic (exact) mass is 384 g/mol. The van der Waals surface area contributed by atoms with Gasteiger partial charge >= 0.3 is 0 Å². The van der Waals surface area contributed by atoms with Gasteiger partial charge in [-0.25, -0.2) is 4.39 Å². The molecule has 0 aliphatic carbocycles. The lowest BCUT2D eigenvalue weighted by atomic mass is 10.1. The van der Waals surface area contributed by atoms with Crippen molar-refractivity contribution in [1.82, 2.24) is 14.8 Å². The Labute approximate surface area is 162 Å². The van der Waals surface area contributed by atoms with Crippen molar-refractivity contribution in [3.63, 3.8) is 0 Å². The Morgan fingerprint density at radius 1 is 1.19 bits per heavy atom. The number of hydrogen-bond acceptors (Lipinski definition) is 4. The van der Waals surface area contributed by atoms with Crippen LogP contribution in [0, 0.1) is 5.82 Å². The maximum absolute atomic E-state index is 13.3. The fourth-order valence-corrected chi connectivity index (χ4v) is 3.59. The highest BCUT2D eigenvalue weighted by Gasteiger charge is 2.20. The number of nitrogens with zero attached hydrogens (tertiary/aromatic N) is 3. The Balaban J connectivity index is 1.68. The third kappa shape index (κ3) is 4.95. The molecule has 1 N–H and O–H groups in total. The van der Waals surface area contributed by atoms with Gasteiger partial charge in [-0.1, -0.05) is 48.2 Å². The number of nitrogens with one attached hydrogen (secondary N) is 1. The minimum absolute atomic E-state index is 0.208. The summed E-state index contributed by atoms with van der Waals surface area (Å²) in [6.07, 6.45) is 0.687. The molecule has 27 heavy (non-hydrogen) atoms. The molecule has 0 radical (unpaired) electrons. The molecule has 7 heteroatoms. The number of hydrogen-bond donors (Lipinski definition) is 1. The van der Waals surface area contributed by atoms with Crippen molar-refractivity contribution >= 4 is 23.4 Å². The van der Waals surface area contributed by atoms with Crippen LogP contribution in [0.2, 0.25) is 0 Å². The Morgan fingerprint density at radius 3 is 2.67 bits per heavy atom. The number of halogens is 1. The molecule has 0 aliphatic heterocycles. The van der Waals surface area contributed by atoms with Gasteiger partial charge in [-0.2, -0.15) is 0 Å². The number of anilines is 1. The highest BCUT2D eigenvalue weighted by Crippen LogP contribution is 2.24. The summed E-state index contributed by atoms with van der Waals surface area (Å²) in [5.74, 6) is 0.272. The minimum Gasteiger partial charge on any atom is -0.325 e. The van der Waals surface area contributed by atoms with E-state index in [-0.39, 0.29) is 11.7 Å². The van der Waals surface area contributed by atoms with E-state index >= 15 is 0 Å². The maximum atomic E-state index is 13.3. The van der Waals surface area contributed by atoms with Crippen LogP contribution in [0.1, 0.15) is 25.2 Å². The van der Waals surface area contributed by atoms with Gasteiger partial charge in [0.25, 0.3) is 0 Å². The number of amides is 1. The molecule has 3 aromatic rings. The van der Waals surface area contributed by atoms with Crippen molar-refractivity contribution < 1.29 is 9.18 Å². The average Bonchev–Trinajstić information content (AvgIpc) is 3.03. The summed E-state index contributed by atoms with van der Waals surface area (Å²) < 4.78 is 15.3. The first-order chi connectivity index (χ1) is 13.1. The molecular formula is C20H21FN4OS. The van der Waals surface area contributed by atoms with Gasteiger partial charge in [-0.3, -0.25) is 4.79 Å². The summed E-state index contributed by atoms with van der Waals surface area (Å²) in [6, 6.07) is 15.9. The predicted molar refractivity (Wildman–Crippen MR) is 105 cm³/mol. The van der Waals surface area contributed by atoms with Gasteiger partial charge in [0, 0.05) is 18.7 Å². The van der Waals surface area contributed by atoms with E-state index in [1.54, 1.807) is 19.1 Å². The van der Waals surface area contributed by atoms with E-state index in [1.165, 1.54) is 23.9 Å². The average molecular weight is 384 g/mol. The molecule has 0 aliphatic rings. The lowest BCUT2D eigenvalue weighted by Crippen LogP contribution is -2.23. The number of carbonyl (C=O) groups is 1. The molecule has 0 fully saturated rings. The molecule has 1 heterocycles. The van der Waals surface area contributed by atoms with Crippen LogP contribution >= 0.6 is 11.8 Å². The van der Waals surface area contributed by atoms with Crippen LogP contribution in [-0.2, 0) is 17.8 Å². The molecule has 0 bridgehead atoms. The largest absolute Gasteiger partial charge is 0.325 e. The van der Waals surface area contributed by atoms with Gasteiger partial charge < -0.3 is 9.88 Å². The van der Waals surface area contributed by atoms with E-state index in [4.69, 9.17) is 0 Å². The molecule has 0 saturated carbocycles. The quantitative estimate of drug-likeness (QED) is 0.622. The predicted octanol–water partition coefficient (Wildman–Crippen LogP) is 4.15. The molecule has 0 unspecified atom stereocenters. The van der Waals surface area contributed by atoms with Crippen LogP contribution in [0.3, 0.4) is 0 Å². The van der Waals surface area contributed by atoms with Crippen molar-refractivity contribution in [2.75, 3.05) is 5.32 Å². The second-order valence-electron chi connectivity index (χ2n) is 6.07. The minimum atomic E-state index is -0.396. The molecule has 1 aromatic heterocycles. The summed E-state index contributed by atoms with van der Waals surface area (Å²) in [6.45, 7) is 4.54. The van der Waals surface area contributed by atoms with E-state index in [9.17, 15) is 9.18 Å². The highest BCUT2D eigenvalue weighted by atomic mass is 32.2. The Bertz CT molecular complexity index is 913. The molecule has 140 valence electrons. The topological polar surface area (TPSA) is 59.8 Å². The first-order valence-electron chi connectivity index (χ1n) is 8.76. The summed E-state index contributed by atoms with van der Waals surface area (Å²) >= 11 is 1.34. The van der Waals surface area contributed by atoms with Crippen LogP contribution in [0.15, 0.2) is 59.8 Å². The van der Waals surface area contributed by atoms with Crippen molar-refractivity contribution in [3.8, 4) is 0 Å². The number of thioether (sulfide) groups is 1. The number of aromatic nitrogens is 3. The number of rotatable bonds is 7. The van der Waals surface area contributed by atoms with Crippen LogP contribution in [0.5, 0.6) is 0 Å². The second kappa shape index (κ2) is 8.81. The van der Waals surface area contributed by atoms with Gasteiger partial charge in [-0.15, -0.1) is 10.2 Å². The molecule has 5 nitrogen and oxygen atoms in total. The van der Waals surface area contributed by atoms with Gasteiger partial charge in [0.05, 0.1) is 5.25 Å². The third-order valence-electron chi connectivity index (χ3n) is 4.06. The zero-order chi connectivity index (χ0) is 19.2. The van der Waals surface area contributed by atoms with Gasteiger partial charge in [-0.05, 0) is 37.6 Å². The van der Waals surface area contributed by atoms with Gasteiger partial charge in [0.1, 0.15) is 11.6 Å². The Kier molecular flexibility index (Phi) is 6.24. The fraction of sp³-hybridized carbons (Fsp3) is 0.250. The van der Waals surface area contributed by atoms with E-state index in [0.29, 0.717) is 17.3 Å². The van der Waals surface area contributed by atoms with Gasteiger partial charge in [0.2, 0.25) is 5.91 Å². The van der Waals surface area contributed by atoms with Crippen molar-refractivity contribution in [2.45, 2.75) is 37.2 Å². The van der Waals surface area contributed by atoms with Crippen molar-refractivity contribution in [2.24, 2.45) is 0 Å². The Morgan fingerprint density at radius 2 is 1.96 bits per heavy atom. The fourth-order valence-electron chi connectivity index (χ4n) is 2.65. The molecule has 3 rings (SSSR count). The normalized spacial score (nSPS) is 12.0. The van der Waals surface area contributed by atoms with Crippen molar-refractivity contribution in [3.05, 3.63) is 71.8 Å².